The summed E-state index contributed by atoms with van der Waals surface area (Å²) >= 11 is 0. The van der Waals surface area contributed by atoms with Crippen LogP contribution < -0.4 is 15.6 Å². The maximum absolute atomic E-state index is 12.2. The first-order chi connectivity index (χ1) is 10.0. The Morgan fingerprint density at radius 2 is 1.57 bits per heavy atom. The van der Waals surface area contributed by atoms with Gasteiger partial charge in [0.25, 0.3) is 0 Å². The number of halogens is 3. The number of hydrogen-bond donors (Lipinski definition) is 2. The highest BCUT2D eigenvalue weighted by Crippen LogP contribution is 2.22. The molecule has 0 fully saturated rings. The summed E-state index contributed by atoms with van der Waals surface area (Å²) in [5.74, 6) is 0.220. The molecule has 0 unspecified atom stereocenters. The number of hydrazine groups is 1. The fourth-order valence-corrected chi connectivity index (χ4v) is 1.71. The average Bonchev–Trinajstić information content (AvgIpc) is 2.46. The molecule has 0 radical (unpaired) electrons. The van der Waals surface area contributed by atoms with Crippen LogP contribution in [0.4, 0.5) is 18.9 Å². The molecule has 0 spiro atoms. The minimum atomic E-state index is -4.34. The summed E-state index contributed by atoms with van der Waals surface area (Å²) in [6, 6.07) is 16.0. The summed E-state index contributed by atoms with van der Waals surface area (Å²) in [6.45, 7) is -0.959. The molecule has 0 heterocycles. The van der Waals surface area contributed by atoms with Crippen molar-refractivity contribution in [3.63, 3.8) is 0 Å². The van der Waals surface area contributed by atoms with E-state index in [0.29, 0.717) is 12.1 Å². The van der Waals surface area contributed by atoms with Gasteiger partial charge in [-0.3, -0.25) is 0 Å². The Morgan fingerprint density at radius 3 is 2.29 bits per heavy atom. The highest BCUT2D eigenvalue weighted by atomic mass is 19.4. The van der Waals surface area contributed by atoms with E-state index < -0.39 is 12.8 Å². The zero-order chi connectivity index (χ0) is 15.1. The molecule has 0 atom stereocenters. The maximum atomic E-state index is 12.2. The number of nitrogens with one attached hydrogen (secondary N) is 2. The van der Waals surface area contributed by atoms with Gasteiger partial charge in [0.05, 0.1) is 0 Å². The van der Waals surface area contributed by atoms with Gasteiger partial charge in [-0.05, 0) is 18.2 Å². The van der Waals surface area contributed by atoms with Gasteiger partial charge in [-0.25, -0.2) is 5.43 Å². The Hall–Kier alpha value is -2.21. The molecule has 112 valence electrons. The molecular formula is C15H15F3N2O. The summed E-state index contributed by atoms with van der Waals surface area (Å²) in [4.78, 5) is 0. The van der Waals surface area contributed by atoms with Crippen molar-refractivity contribution in [2.24, 2.45) is 0 Å². The average molecular weight is 296 g/mol. The molecule has 0 aromatic heterocycles. The van der Waals surface area contributed by atoms with Crippen molar-refractivity contribution in [2.75, 3.05) is 12.0 Å². The lowest BCUT2D eigenvalue weighted by atomic mass is 10.2. The van der Waals surface area contributed by atoms with Crippen LogP contribution in [0.25, 0.3) is 0 Å². The Morgan fingerprint density at radius 1 is 0.905 bits per heavy atom. The van der Waals surface area contributed by atoms with E-state index in [1.54, 1.807) is 18.2 Å². The number of ether oxygens (including phenoxy) is 1. The highest BCUT2D eigenvalue weighted by Gasteiger charge is 2.28. The van der Waals surface area contributed by atoms with Crippen molar-refractivity contribution in [1.82, 2.24) is 5.43 Å². The molecule has 0 amide bonds. The second kappa shape index (κ2) is 6.99. The fraction of sp³-hybridized carbons (Fsp3) is 0.200. The van der Waals surface area contributed by atoms with Crippen LogP contribution in [0.15, 0.2) is 54.6 Å². The van der Waals surface area contributed by atoms with Gasteiger partial charge >= 0.3 is 6.18 Å². The molecule has 0 aliphatic rings. The van der Waals surface area contributed by atoms with Gasteiger partial charge < -0.3 is 10.2 Å². The van der Waals surface area contributed by atoms with Crippen LogP contribution in [0.3, 0.4) is 0 Å². The molecule has 21 heavy (non-hydrogen) atoms. The minimum Gasteiger partial charge on any atom is -0.484 e. The lowest BCUT2D eigenvalue weighted by Gasteiger charge is -2.14. The summed E-state index contributed by atoms with van der Waals surface area (Å²) in [5.41, 5.74) is 7.42. The molecule has 2 rings (SSSR count). The van der Waals surface area contributed by atoms with Crippen molar-refractivity contribution >= 4 is 5.69 Å². The first kappa shape index (κ1) is 15.2. The van der Waals surface area contributed by atoms with Crippen molar-refractivity contribution in [1.29, 1.82) is 0 Å². The van der Waals surface area contributed by atoms with Crippen molar-refractivity contribution in [3.8, 4) is 5.75 Å². The van der Waals surface area contributed by atoms with Crippen LogP contribution in [0.2, 0.25) is 0 Å². The van der Waals surface area contributed by atoms with Crippen LogP contribution in [-0.4, -0.2) is 12.8 Å². The highest BCUT2D eigenvalue weighted by molar-refractivity contribution is 5.41. The largest absolute Gasteiger partial charge is 0.484 e. The van der Waals surface area contributed by atoms with Crippen molar-refractivity contribution < 1.29 is 17.9 Å². The Labute approximate surface area is 120 Å². The standard InChI is InChI=1S/C15H15F3N2O/c16-15(17,18)11-21-14-9-5-4-6-12(14)10-19-20-13-7-2-1-3-8-13/h1-9,19-20H,10-11H2. The Bertz CT molecular complexity index is 558. The zero-order valence-corrected chi connectivity index (χ0v) is 11.2. The van der Waals surface area contributed by atoms with E-state index in [9.17, 15) is 13.2 Å². The van der Waals surface area contributed by atoms with Gasteiger partial charge in [-0.15, -0.1) is 0 Å². The van der Waals surface area contributed by atoms with Gasteiger partial charge in [0, 0.05) is 17.8 Å². The third-order valence-electron chi connectivity index (χ3n) is 2.65. The summed E-state index contributed by atoms with van der Waals surface area (Å²) < 4.78 is 41.4. The number of benzene rings is 2. The van der Waals surface area contributed by atoms with Crippen molar-refractivity contribution in [2.45, 2.75) is 12.7 Å². The van der Waals surface area contributed by atoms with Gasteiger partial charge in [-0.1, -0.05) is 36.4 Å². The lowest BCUT2D eigenvalue weighted by molar-refractivity contribution is -0.153. The van der Waals surface area contributed by atoms with Crippen LogP contribution in [0, 0.1) is 0 Å². The van der Waals surface area contributed by atoms with E-state index in [4.69, 9.17) is 4.74 Å². The van der Waals surface area contributed by atoms with Crippen LogP contribution in [0.5, 0.6) is 5.75 Å². The topological polar surface area (TPSA) is 33.3 Å². The Kier molecular flexibility index (Phi) is 5.05. The zero-order valence-electron chi connectivity index (χ0n) is 11.2. The molecule has 6 heteroatoms. The summed E-state index contributed by atoms with van der Waals surface area (Å²) in [6.07, 6.45) is -4.34. The van der Waals surface area contributed by atoms with Gasteiger partial charge in [0.2, 0.25) is 0 Å². The molecule has 2 N–H and O–H groups in total. The molecule has 2 aromatic carbocycles. The first-order valence-electron chi connectivity index (χ1n) is 6.36. The summed E-state index contributed by atoms with van der Waals surface area (Å²) in [5, 5.41) is 0. The normalized spacial score (nSPS) is 11.2. The van der Waals surface area contributed by atoms with E-state index in [1.807, 2.05) is 30.3 Å². The monoisotopic (exact) mass is 296 g/mol. The van der Waals surface area contributed by atoms with E-state index in [0.717, 1.165) is 5.69 Å². The van der Waals surface area contributed by atoms with E-state index in [2.05, 4.69) is 10.9 Å². The summed E-state index contributed by atoms with van der Waals surface area (Å²) in [7, 11) is 0. The SMILES string of the molecule is FC(F)(F)COc1ccccc1CNNc1ccccc1. The predicted molar refractivity (Wildman–Crippen MR) is 74.9 cm³/mol. The first-order valence-corrected chi connectivity index (χ1v) is 6.36. The van der Waals surface area contributed by atoms with Gasteiger partial charge in [0.15, 0.2) is 6.61 Å². The van der Waals surface area contributed by atoms with Crippen LogP contribution in [0.1, 0.15) is 5.56 Å². The quantitative estimate of drug-likeness (QED) is 0.797. The Balaban J connectivity index is 1.90. The smallest absolute Gasteiger partial charge is 0.422 e. The van der Waals surface area contributed by atoms with Crippen LogP contribution >= 0.6 is 0 Å². The predicted octanol–water partition coefficient (Wildman–Crippen LogP) is 3.74. The van der Waals surface area contributed by atoms with E-state index in [-0.39, 0.29) is 5.75 Å². The molecule has 0 saturated heterocycles. The molecule has 3 nitrogen and oxygen atoms in total. The third-order valence-corrected chi connectivity index (χ3v) is 2.65. The number of hydrogen-bond acceptors (Lipinski definition) is 3. The van der Waals surface area contributed by atoms with Gasteiger partial charge in [0.1, 0.15) is 5.75 Å². The lowest BCUT2D eigenvalue weighted by Crippen LogP contribution is -2.23. The number of rotatable bonds is 6. The number of alkyl halides is 3. The van der Waals surface area contributed by atoms with E-state index in [1.165, 1.54) is 6.07 Å². The van der Waals surface area contributed by atoms with Crippen molar-refractivity contribution in [3.05, 3.63) is 60.2 Å². The third kappa shape index (κ3) is 5.35. The van der Waals surface area contributed by atoms with Crippen LogP contribution in [-0.2, 0) is 6.54 Å². The fourth-order valence-electron chi connectivity index (χ4n) is 1.71. The number of anilines is 1. The second-order valence-corrected chi connectivity index (χ2v) is 4.36. The van der Waals surface area contributed by atoms with E-state index >= 15 is 0 Å². The molecule has 0 saturated carbocycles. The van der Waals surface area contributed by atoms with Gasteiger partial charge in [-0.2, -0.15) is 13.2 Å². The molecular weight excluding hydrogens is 281 g/mol. The molecule has 0 aliphatic heterocycles. The maximum Gasteiger partial charge on any atom is 0.422 e. The molecule has 0 bridgehead atoms. The molecule has 0 aliphatic carbocycles. The minimum absolute atomic E-state index is 0.220. The molecule has 2 aromatic rings. The number of para-hydroxylation sites is 2. The second-order valence-electron chi connectivity index (χ2n) is 4.36.